The van der Waals surface area contributed by atoms with Gasteiger partial charge in [0.05, 0.1) is 12.7 Å². The lowest BCUT2D eigenvalue weighted by Gasteiger charge is -2.05. The van der Waals surface area contributed by atoms with Crippen LogP contribution in [0.1, 0.15) is 15.9 Å². The third kappa shape index (κ3) is 2.60. The van der Waals surface area contributed by atoms with Crippen LogP contribution in [0.4, 0.5) is 0 Å². The first-order chi connectivity index (χ1) is 6.65. The number of methoxy groups -OCH3 is 1. The third-order valence-electron chi connectivity index (χ3n) is 1.80. The number of hydrogen-bond donors (Lipinski definition) is 0. The normalized spacial score (nSPS) is 9.57. The van der Waals surface area contributed by atoms with Crippen molar-refractivity contribution in [2.45, 2.75) is 6.42 Å². The third-order valence-corrected chi connectivity index (χ3v) is 1.94. The van der Waals surface area contributed by atoms with Crippen molar-refractivity contribution in [3.05, 3.63) is 47.0 Å². The molecule has 1 rings (SSSR count). The number of benzene rings is 1. The molecule has 0 unspecified atom stereocenters. The summed E-state index contributed by atoms with van der Waals surface area (Å²) in [7, 11) is 1.36. The highest BCUT2D eigenvalue weighted by atomic mass is 35.5. The lowest BCUT2D eigenvalue weighted by atomic mass is 10.0. The molecule has 0 spiro atoms. The lowest BCUT2D eigenvalue weighted by molar-refractivity contribution is 0.0599. The van der Waals surface area contributed by atoms with Gasteiger partial charge < -0.3 is 4.74 Å². The van der Waals surface area contributed by atoms with Gasteiger partial charge in [-0.15, -0.1) is 0 Å². The number of allylic oxidation sites excluding steroid dienone is 1. The molecule has 0 heterocycles. The molecule has 1 aromatic rings. The summed E-state index contributed by atoms with van der Waals surface area (Å²) in [6.45, 7) is 3.59. The first-order valence-corrected chi connectivity index (χ1v) is 4.52. The molecule has 0 atom stereocenters. The van der Waals surface area contributed by atoms with Crippen LogP contribution in [0.2, 0.25) is 0 Å². The molecule has 2 nitrogen and oxygen atoms in total. The van der Waals surface area contributed by atoms with Crippen LogP contribution >= 0.6 is 11.6 Å². The zero-order chi connectivity index (χ0) is 10.6. The van der Waals surface area contributed by atoms with E-state index in [-0.39, 0.29) is 5.97 Å². The minimum atomic E-state index is -0.349. The Hall–Kier alpha value is -1.28. The molecule has 1 aromatic carbocycles. The van der Waals surface area contributed by atoms with Gasteiger partial charge in [-0.1, -0.05) is 36.4 Å². The van der Waals surface area contributed by atoms with Gasteiger partial charge in [0.15, 0.2) is 0 Å². The Balaban J connectivity index is 3.02. The van der Waals surface area contributed by atoms with Crippen LogP contribution in [0, 0.1) is 0 Å². The monoisotopic (exact) mass is 210 g/mol. The number of rotatable bonds is 3. The van der Waals surface area contributed by atoms with E-state index in [0.29, 0.717) is 17.0 Å². The van der Waals surface area contributed by atoms with E-state index in [1.165, 1.54) is 7.11 Å². The van der Waals surface area contributed by atoms with Crippen LogP contribution in [0.25, 0.3) is 0 Å². The highest BCUT2D eigenvalue weighted by molar-refractivity contribution is 6.29. The minimum Gasteiger partial charge on any atom is -0.465 e. The number of carbonyl (C=O) groups is 1. The number of esters is 1. The standard InChI is InChI=1S/C11H11ClO2/c1-8(12)7-9-5-3-4-6-10(9)11(13)14-2/h3-6H,1,7H2,2H3. The smallest absolute Gasteiger partial charge is 0.338 e. The van der Waals surface area contributed by atoms with E-state index in [1.54, 1.807) is 12.1 Å². The Morgan fingerprint density at radius 1 is 1.50 bits per heavy atom. The Kier molecular flexibility index (Phi) is 3.72. The number of hydrogen-bond acceptors (Lipinski definition) is 2. The van der Waals surface area contributed by atoms with E-state index in [4.69, 9.17) is 11.6 Å². The molecule has 74 valence electrons. The summed E-state index contributed by atoms with van der Waals surface area (Å²) in [6, 6.07) is 7.18. The SMILES string of the molecule is C=C(Cl)Cc1ccccc1C(=O)OC. The number of halogens is 1. The quantitative estimate of drug-likeness (QED) is 0.718. The molecule has 0 bridgehead atoms. The predicted octanol–water partition coefficient (Wildman–Crippen LogP) is 2.77. The van der Waals surface area contributed by atoms with Crippen molar-refractivity contribution in [2.24, 2.45) is 0 Å². The van der Waals surface area contributed by atoms with Crippen molar-refractivity contribution in [3.63, 3.8) is 0 Å². The van der Waals surface area contributed by atoms with Gasteiger partial charge in [0.2, 0.25) is 0 Å². The van der Waals surface area contributed by atoms with Crippen molar-refractivity contribution in [1.82, 2.24) is 0 Å². The lowest BCUT2D eigenvalue weighted by Crippen LogP contribution is -2.05. The number of ether oxygens (including phenoxy) is 1. The van der Waals surface area contributed by atoms with E-state index in [2.05, 4.69) is 11.3 Å². The van der Waals surface area contributed by atoms with Crippen molar-refractivity contribution >= 4 is 17.6 Å². The largest absolute Gasteiger partial charge is 0.465 e. The average molecular weight is 211 g/mol. The van der Waals surface area contributed by atoms with Crippen molar-refractivity contribution < 1.29 is 9.53 Å². The van der Waals surface area contributed by atoms with Crippen LogP contribution < -0.4 is 0 Å². The van der Waals surface area contributed by atoms with Gasteiger partial charge in [-0.05, 0) is 11.6 Å². The first kappa shape index (κ1) is 10.8. The second kappa shape index (κ2) is 4.82. The van der Waals surface area contributed by atoms with Crippen molar-refractivity contribution in [2.75, 3.05) is 7.11 Å². The average Bonchev–Trinajstić information content (AvgIpc) is 2.16. The van der Waals surface area contributed by atoms with E-state index < -0.39 is 0 Å². The molecule has 0 aromatic heterocycles. The van der Waals surface area contributed by atoms with Crippen LogP contribution in [-0.2, 0) is 11.2 Å². The molecule has 0 aliphatic rings. The topological polar surface area (TPSA) is 26.3 Å². The highest BCUT2D eigenvalue weighted by Gasteiger charge is 2.10. The van der Waals surface area contributed by atoms with Gasteiger partial charge in [0.1, 0.15) is 0 Å². The second-order valence-electron chi connectivity index (χ2n) is 2.84. The van der Waals surface area contributed by atoms with Crippen molar-refractivity contribution in [3.8, 4) is 0 Å². The Bertz CT molecular complexity index is 358. The molecule has 0 saturated heterocycles. The van der Waals surface area contributed by atoms with Gasteiger partial charge in [-0.25, -0.2) is 4.79 Å². The second-order valence-corrected chi connectivity index (χ2v) is 3.38. The zero-order valence-corrected chi connectivity index (χ0v) is 8.67. The maximum absolute atomic E-state index is 11.3. The Labute approximate surface area is 88.1 Å². The van der Waals surface area contributed by atoms with Gasteiger partial charge >= 0.3 is 5.97 Å². The molecule has 14 heavy (non-hydrogen) atoms. The molecule has 3 heteroatoms. The summed E-state index contributed by atoms with van der Waals surface area (Å²) in [5, 5.41) is 0.501. The Morgan fingerprint density at radius 2 is 2.14 bits per heavy atom. The fraction of sp³-hybridized carbons (Fsp3) is 0.182. The first-order valence-electron chi connectivity index (χ1n) is 4.14. The molecule has 0 aliphatic carbocycles. The maximum Gasteiger partial charge on any atom is 0.338 e. The van der Waals surface area contributed by atoms with Gasteiger partial charge in [-0.3, -0.25) is 0 Å². The fourth-order valence-electron chi connectivity index (χ4n) is 1.19. The molecular weight excluding hydrogens is 200 g/mol. The molecule has 0 amide bonds. The molecule has 0 N–H and O–H groups in total. The fourth-order valence-corrected chi connectivity index (χ4v) is 1.33. The van der Waals surface area contributed by atoms with Crippen LogP contribution in [-0.4, -0.2) is 13.1 Å². The van der Waals surface area contributed by atoms with E-state index in [0.717, 1.165) is 5.56 Å². The molecule has 0 aliphatic heterocycles. The van der Waals surface area contributed by atoms with Crippen molar-refractivity contribution in [1.29, 1.82) is 0 Å². The van der Waals surface area contributed by atoms with E-state index in [9.17, 15) is 4.79 Å². The summed E-state index contributed by atoms with van der Waals surface area (Å²) in [6.07, 6.45) is 0.479. The number of carbonyl (C=O) groups excluding carboxylic acids is 1. The predicted molar refractivity (Wildman–Crippen MR) is 56.5 cm³/mol. The van der Waals surface area contributed by atoms with Crippen LogP contribution in [0.3, 0.4) is 0 Å². The van der Waals surface area contributed by atoms with E-state index in [1.807, 2.05) is 12.1 Å². The van der Waals surface area contributed by atoms with Gasteiger partial charge in [0, 0.05) is 11.5 Å². The molecular formula is C11H11ClO2. The maximum atomic E-state index is 11.3. The molecule has 0 radical (unpaired) electrons. The van der Waals surface area contributed by atoms with Gasteiger partial charge in [-0.2, -0.15) is 0 Å². The summed E-state index contributed by atoms with van der Waals surface area (Å²) in [5.74, 6) is -0.349. The molecule has 0 fully saturated rings. The summed E-state index contributed by atoms with van der Waals surface area (Å²) in [5.41, 5.74) is 1.37. The summed E-state index contributed by atoms with van der Waals surface area (Å²) < 4.78 is 4.65. The van der Waals surface area contributed by atoms with E-state index >= 15 is 0 Å². The van der Waals surface area contributed by atoms with Crippen LogP contribution in [0.15, 0.2) is 35.9 Å². The molecule has 0 saturated carbocycles. The Morgan fingerprint density at radius 3 is 2.71 bits per heavy atom. The zero-order valence-electron chi connectivity index (χ0n) is 7.92. The summed E-state index contributed by atoms with van der Waals surface area (Å²) in [4.78, 5) is 11.3. The highest BCUT2D eigenvalue weighted by Crippen LogP contribution is 2.15. The van der Waals surface area contributed by atoms with Gasteiger partial charge in [0.25, 0.3) is 0 Å². The minimum absolute atomic E-state index is 0.349. The van der Waals surface area contributed by atoms with Crippen LogP contribution in [0.5, 0.6) is 0 Å². The summed E-state index contributed by atoms with van der Waals surface area (Å²) >= 11 is 5.69.